The molecular formula is C18H31N5O5. The van der Waals surface area contributed by atoms with Crippen LogP contribution in [0.2, 0.25) is 0 Å². The van der Waals surface area contributed by atoms with Gasteiger partial charge in [0.25, 0.3) is 0 Å². The predicted molar refractivity (Wildman–Crippen MR) is 107 cm³/mol. The van der Waals surface area contributed by atoms with Gasteiger partial charge in [-0.1, -0.05) is 32.0 Å². The fraction of sp³-hybridized carbons (Fsp3) is 0.611. The molecule has 28 heavy (non-hydrogen) atoms. The molecule has 1 fully saturated rings. The van der Waals surface area contributed by atoms with Crippen molar-refractivity contribution < 1.29 is 15.2 Å². The van der Waals surface area contributed by atoms with Crippen LogP contribution in [-0.2, 0) is 4.79 Å². The Morgan fingerprint density at radius 1 is 1.11 bits per heavy atom. The van der Waals surface area contributed by atoms with Gasteiger partial charge in [-0.25, -0.2) is 0 Å². The number of carbonyl (C=O) groups excluding carboxylic acids is 1. The third-order valence-corrected chi connectivity index (χ3v) is 4.33. The zero-order valence-corrected chi connectivity index (χ0v) is 16.7. The number of nitrogens with zero attached hydrogens (tertiary/aromatic N) is 4. The van der Waals surface area contributed by atoms with Crippen molar-refractivity contribution in [3.05, 3.63) is 39.6 Å². The molecule has 0 aliphatic carbocycles. The summed E-state index contributed by atoms with van der Waals surface area (Å²) in [7, 11) is 0. The molecular weight excluding hydrogens is 366 g/mol. The lowest BCUT2D eigenvalue weighted by Crippen LogP contribution is -2.57. The number of amides is 1. The maximum atomic E-state index is 12.8. The topological polar surface area (TPSA) is 135 Å². The molecule has 0 bridgehead atoms. The fourth-order valence-electron chi connectivity index (χ4n) is 3.13. The Labute approximate surface area is 165 Å². The number of hydrogen-bond donors (Lipinski definition) is 3. The van der Waals surface area contributed by atoms with Crippen LogP contribution in [0.4, 0.5) is 5.69 Å². The van der Waals surface area contributed by atoms with Crippen LogP contribution in [0, 0.1) is 16.7 Å². The number of anilines is 1. The Kier molecular flexibility index (Phi) is 14.0. The average Bonchev–Trinajstić information content (AvgIpc) is 2.66. The van der Waals surface area contributed by atoms with E-state index in [4.69, 9.17) is 20.2 Å². The van der Waals surface area contributed by atoms with E-state index in [1.165, 1.54) is 10.7 Å². The van der Waals surface area contributed by atoms with E-state index < -0.39 is 0 Å². The summed E-state index contributed by atoms with van der Waals surface area (Å²) in [5.74, 6) is 0.128. The summed E-state index contributed by atoms with van der Waals surface area (Å²) in [4.78, 5) is 33.7. The highest BCUT2D eigenvalue weighted by atomic mass is 16.6. The molecule has 0 aromatic heterocycles. The first-order valence-corrected chi connectivity index (χ1v) is 9.25. The third kappa shape index (κ3) is 9.38. The first-order valence-electron chi connectivity index (χ1n) is 9.25. The van der Waals surface area contributed by atoms with Crippen molar-refractivity contribution in [2.75, 3.05) is 38.0 Å². The van der Waals surface area contributed by atoms with Gasteiger partial charge in [0.15, 0.2) is 10.7 Å². The molecule has 1 heterocycles. The summed E-state index contributed by atoms with van der Waals surface area (Å²) in [6.45, 7) is 11.4. The van der Waals surface area contributed by atoms with Crippen LogP contribution in [0.5, 0.6) is 0 Å². The molecule has 10 heteroatoms. The molecule has 1 aliphatic rings. The van der Waals surface area contributed by atoms with Gasteiger partial charge in [-0.05, 0) is 44.5 Å². The zero-order valence-electron chi connectivity index (χ0n) is 16.7. The Hall–Kier alpha value is -2.59. The number of nitrogens with one attached hydrogen (secondary N) is 1. The number of hydrogen-bond acceptors (Lipinski definition) is 7. The van der Waals surface area contributed by atoms with Crippen LogP contribution in [0.3, 0.4) is 0 Å². The molecule has 0 saturated carbocycles. The predicted octanol–water partition coefficient (Wildman–Crippen LogP) is 3.02. The monoisotopic (exact) mass is 397 g/mol. The lowest BCUT2D eigenvalue weighted by molar-refractivity contribution is -0.123. The Morgan fingerprint density at radius 3 is 2.21 bits per heavy atom. The molecule has 3 N–H and O–H groups in total. The van der Waals surface area contributed by atoms with Crippen molar-refractivity contribution in [2.24, 2.45) is 10.7 Å². The molecule has 0 spiro atoms. The van der Waals surface area contributed by atoms with Crippen LogP contribution >= 0.6 is 0 Å². The molecule has 158 valence electrons. The molecule has 1 aromatic rings. The standard InChI is InChI=1S/C18H29N3O.2HNO2/c1-4-10-20-12-13-21(11-5-2)17(14-20)18(22)19-16-9-7-6-8-15(16)3;2*2-1-3/h6-9,17H,4-5,10-14H2,1-3H3,(H,19,22);2*(H,2,3). The van der Waals surface area contributed by atoms with E-state index in [0.717, 1.165) is 56.8 Å². The molecule has 1 aromatic carbocycles. The van der Waals surface area contributed by atoms with Crippen LogP contribution in [0.15, 0.2) is 34.9 Å². The normalized spacial score (nSPS) is 16.6. The van der Waals surface area contributed by atoms with Crippen LogP contribution in [0.1, 0.15) is 32.3 Å². The van der Waals surface area contributed by atoms with Gasteiger partial charge in [0.05, 0.1) is 0 Å². The van der Waals surface area contributed by atoms with Crippen molar-refractivity contribution in [3.63, 3.8) is 0 Å². The van der Waals surface area contributed by atoms with E-state index in [1.807, 2.05) is 31.2 Å². The number of rotatable bonds is 6. The number of piperazine rings is 1. The molecule has 1 unspecified atom stereocenters. The Morgan fingerprint density at radius 2 is 1.68 bits per heavy atom. The first kappa shape index (κ1) is 25.4. The highest BCUT2D eigenvalue weighted by Gasteiger charge is 2.31. The first-order chi connectivity index (χ1) is 13.5. The maximum Gasteiger partial charge on any atom is 0.243 e. The second-order valence-electron chi connectivity index (χ2n) is 6.32. The van der Waals surface area contributed by atoms with E-state index in [9.17, 15) is 4.79 Å². The number of benzene rings is 1. The summed E-state index contributed by atoms with van der Waals surface area (Å²) in [5, 5.41) is 18.9. The minimum atomic E-state index is -0.0418. The molecule has 1 atom stereocenters. The lowest BCUT2D eigenvalue weighted by Gasteiger charge is -2.40. The van der Waals surface area contributed by atoms with E-state index in [0.29, 0.717) is 0 Å². The Bertz CT molecular complexity index is 581. The maximum absolute atomic E-state index is 12.8. The van der Waals surface area contributed by atoms with E-state index in [2.05, 4.69) is 29.0 Å². The third-order valence-electron chi connectivity index (χ3n) is 4.33. The fourth-order valence-corrected chi connectivity index (χ4v) is 3.13. The van der Waals surface area contributed by atoms with Gasteiger partial charge in [-0.3, -0.25) is 14.6 Å². The van der Waals surface area contributed by atoms with E-state index in [-0.39, 0.29) is 11.9 Å². The molecule has 0 radical (unpaired) electrons. The van der Waals surface area contributed by atoms with Gasteiger partial charge in [0, 0.05) is 25.3 Å². The van der Waals surface area contributed by atoms with Gasteiger partial charge in [-0.15, -0.1) is 9.81 Å². The summed E-state index contributed by atoms with van der Waals surface area (Å²) >= 11 is 0. The van der Waals surface area contributed by atoms with Gasteiger partial charge in [-0.2, -0.15) is 0 Å². The summed E-state index contributed by atoms with van der Waals surface area (Å²) in [5.41, 5.74) is 2.04. The molecule has 1 amide bonds. The summed E-state index contributed by atoms with van der Waals surface area (Å²) < 4.78 is 0. The van der Waals surface area contributed by atoms with E-state index >= 15 is 0 Å². The molecule has 1 aliphatic heterocycles. The summed E-state index contributed by atoms with van der Waals surface area (Å²) in [6.07, 6.45) is 2.22. The van der Waals surface area contributed by atoms with Crippen LogP contribution in [0.25, 0.3) is 0 Å². The molecule has 1 saturated heterocycles. The zero-order chi connectivity index (χ0) is 21.4. The average molecular weight is 397 g/mol. The highest BCUT2D eigenvalue weighted by molar-refractivity contribution is 5.95. The quantitative estimate of drug-likeness (QED) is 0.496. The van der Waals surface area contributed by atoms with Crippen molar-refractivity contribution >= 4 is 11.6 Å². The van der Waals surface area contributed by atoms with Crippen molar-refractivity contribution in [2.45, 2.75) is 39.7 Å². The molecule has 10 nitrogen and oxygen atoms in total. The Balaban J connectivity index is 0.00000108. The smallest absolute Gasteiger partial charge is 0.243 e. The lowest BCUT2D eigenvalue weighted by atomic mass is 10.1. The van der Waals surface area contributed by atoms with Gasteiger partial charge in [0.1, 0.15) is 6.04 Å². The van der Waals surface area contributed by atoms with Crippen LogP contribution < -0.4 is 5.32 Å². The van der Waals surface area contributed by atoms with Gasteiger partial charge >= 0.3 is 0 Å². The molecule has 2 rings (SSSR count). The minimum Gasteiger partial charge on any atom is -0.379 e. The number of para-hydroxylation sites is 1. The minimum absolute atomic E-state index is 0.0418. The van der Waals surface area contributed by atoms with E-state index in [1.54, 1.807) is 0 Å². The van der Waals surface area contributed by atoms with Gasteiger partial charge < -0.3 is 15.7 Å². The number of carbonyl (C=O) groups is 1. The SMILES string of the molecule is CCCN1CCN(CCC)C(C(=O)Nc2ccccc2C)C1.O=NO.O=NO. The summed E-state index contributed by atoms with van der Waals surface area (Å²) in [6, 6.07) is 7.93. The van der Waals surface area contributed by atoms with Crippen LogP contribution in [-0.4, -0.2) is 64.9 Å². The van der Waals surface area contributed by atoms with Crippen molar-refractivity contribution in [1.82, 2.24) is 9.80 Å². The van der Waals surface area contributed by atoms with Crippen molar-refractivity contribution in [1.29, 1.82) is 0 Å². The highest BCUT2D eigenvalue weighted by Crippen LogP contribution is 2.17. The van der Waals surface area contributed by atoms with Gasteiger partial charge in [0.2, 0.25) is 5.91 Å². The number of aryl methyl sites for hydroxylation is 1. The second-order valence-corrected chi connectivity index (χ2v) is 6.32. The van der Waals surface area contributed by atoms with Crippen molar-refractivity contribution in [3.8, 4) is 0 Å². The largest absolute Gasteiger partial charge is 0.379 e. The second kappa shape index (κ2) is 15.5.